The molecule has 4 nitrogen and oxygen atoms in total. The van der Waals surface area contributed by atoms with Gasteiger partial charge < -0.3 is 0 Å². The summed E-state index contributed by atoms with van der Waals surface area (Å²) in [6.07, 6.45) is 5.66. The summed E-state index contributed by atoms with van der Waals surface area (Å²) < 4.78 is 2.02. The molecule has 0 bridgehead atoms. The molecule has 0 aliphatic carbocycles. The molecule has 4 aromatic rings. The van der Waals surface area contributed by atoms with Crippen molar-refractivity contribution in [2.45, 2.75) is 6.92 Å². The second-order valence-corrected chi connectivity index (χ2v) is 7.33. The number of fused-ring (bicyclic) bond motifs is 1. The van der Waals surface area contributed by atoms with Gasteiger partial charge in [0.05, 0.1) is 4.53 Å². The van der Waals surface area contributed by atoms with Gasteiger partial charge in [0.2, 0.25) is 4.96 Å². The number of aryl methyl sites for hydroxylation is 1. The van der Waals surface area contributed by atoms with Gasteiger partial charge >= 0.3 is 0 Å². The van der Waals surface area contributed by atoms with Crippen LogP contribution in [0.25, 0.3) is 23.2 Å². The van der Waals surface area contributed by atoms with Crippen LogP contribution in [0.15, 0.2) is 46.6 Å². The Bertz CT molecular complexity index is 1120. The molecular weight excluding hydrogens is 338 g/mol. The molecule has 0 aliphatic rings. The first-order valence-corrected chi connectivity index (χ1v) is 9.08. The summed E-state index contributed by atoms with van der Waals surface area (Å²) in [6, 6.07) is 12.1. The molecule has 6 heteroatoms. The van der Waals surface area contributed by atoms with Gasteiger partial charge in [-0.3, -0.25) is 4.79 Å². The maximum absolute atomic E-state index is 12.5. The van der Waals surface area contributed by atoms with E-state index in [9.17, 15) is 4.79 Å². The standard InChI is InChI=1S/C18H13N3OS2/c1-12-4-6-13(7-5-12)11-15-17(22)21-18(24-15)19-16(20-21)9-8-14-3-2-10-23-14/h2-11H,1H3. The van der Waals surface area contributed by atoms with Crippen LogP contribution in [0.1, 0.15) is 21.8 Å². The SMILES string of the molecule is Cc1ccc(C=c2sc3nc(C=Cc4cccs4)nn3c2=O)cc1. The fraction of sp³-hybridized carbons (Fsp3) is 0.0556. The van der Waals surface area contributed by atoms with Crippen molar-refractivity contribution < 1.29 is 0 Å². The van der Waals surface area contributed by atoms with Crippen LogP contribution >= 0.6 is 22.7 Å². The predicted octanol–water partition coefficient (Wildman–Crippen LogP) is 3.24. The van der Waals surface area contributed by atoms with Crippen LogP contribution in [0.4, 0.5) is 0 Å². The van der Waals surface area contributed by atoms with Gasteiger partial charge in [-0.2, -0.15) is 9.50 Å². The molecule has 118 valence electrons. The largest absolute Gasteiger partial charge is 0.291 e. The second-order valence-electron chi connectivity index (χ2n) is 5.34. The number of hydrogen-bond donors (Lipinski definition) is 0. The minimum Gasteiger partial charge on any atom is -0.266 e. The van der Waals surface area contributed by atoms with Crippen molar-refractivity contribution in [2.75, 3.05) is 0 Å². The Balaban J connectivity index is 1.70. The fourth-order valence-electron chi connectivity index (χ4n) is 2.28. The number of benzene rings is 1. The van der Waals surface area contributed by atoms with Gasteiger partial charge in [-0.25, -0.2) is 0 Å². The summed E-state index contributed by atoms with van der Waals surface area (Å²) in [5, 5.41) is 6.31. The molecule has 3 aromatic heterocycles. The van der Waals surface area contributed by atoms with E-state index < -0.39 is 0 Å². The first kappa shape index (κ1) is 15.0. The Morgan fingerprint density at radius 3 is 2.67 bits per heavy atom. The fourth-order valence-corrected chi connectivity index (χ4v) is 3.81. The van der Waals surface area contributed by atoms with E-state index in [0.29, 0.717) is 15.3 Å². The summed E-state index contributed by atoms with van der Waals surface area (Å²) in [5.41, 5.74) is 2.07. The number of nitrogens with zero attached hydrogens (tertiary/aromatic N) is 3. The summed E-state index contributed by atoms with van der Waals surface area (Å²) in [4.78, 5) is 18.6. The second kappa shape index (κ2) is 6.14. The lowest BCUT2D eigenvalue weighted by atomic mass is 10.1. The zero-order valence-corrected chi connectivity index (χ0v) is 14.5. The van der Waals surface area contributed by atoms with Crippen molar-refractivity contribution in [1.29, 1.82) is 0 Å². The topological polar surface area (TPSA) is 47.3 Å². The highest BCUT2D eigenvalue weighted by Crippen LogP contribution is 2.12. The molecule has 0 amide bonds. The minimum atomic E-state index is -0.126. The summed E-state index contributed by atoms with van der Waals surface area (Å²) >= 11 is 3.00. The maximum atomic E-state index is 12.5. The molecule has 0 saturated heterocycles. The molecular formula is C18H13N3OS2. The third kappa shape index (κ3) is 2.93. The minimum absolute atomic E-state index is 0.126. The van der Waals surface area contributed by atoms with Crippen molar-refractivity contribution in [3.63, 3.8) is 0 Å². The molecule has 3 heterocycles. The third-order valence-electron chi connectivity index (χ3n) is 3.51. The molecule has 1 aromatic carbocycles. The number of aromatic nitrogens is 3. The third-order valence-corrected chi connectivity index (χ3v) is 5.31. The Morgan fingerprint density at radius 1 is 1.12 bits per heavy atom. The normalized spacial score (nSPS) is 12.6. The summed E-state index contributed by atoms with van der Waals surface area (Å²) in [6.45, 7) is 2.04. The molecule has 0 atom stereocenters. The van der Waals surface area contributed by atoms with Crippen LogP contribution in [0.3, 0.4) is 0 Å². The van der Waals surface area contributed by atoms with Crippen LogP contribution in [0, 0.1) is 6.92 Å². The Labute approximate surface area is 146 Å². The van der Waals surface area contributed by atoms with E-state index in [-0.39, 0.29) is 5.56 Å². The zero-order chi connectivity index (χ0) is 16.5. The highest BCUT2D eigenvalue weighted by Gasteiger charge is 2.08. The van der Waals surface area contributed by atoms with Gasteiger partial charge in [0.25, 0.3) is 5.56 Å². The van der Waals surface area contributed by atoms with Crippen LogP contribution in [0.2, 0.25) is 0 Å². The van der Waals surface area contributed by atoms with E-state index in [1.165, 1.54) is 21.4 Å². The van der Waals surface area contributed by atoms with Crippen LogP contribution in [0.5, 0.6) is 0 Å². The van der Waals surface area contributed by atoms with Crippen molar-refractivity contribution in [2.24, 2.45) is 0 Å². The molecule has 24 heavy (non-hydrogen) atoms. The average molecular weight is 351 g/mol. The highest BCUT2D eigenvalue weighted by atomic mass is 32.1. The lowest BCUT2D eigenvalue weighted by Gasteiger charge is -1.92. The van der Waals surface area contributed by atoms with Gasteiger partial charge in [0, 0.05) is 4.88 Å². The average Bonchev–Trinajstić information content (AvgIpc) is 3.27. The van der Waals surface area contributed by atoms with Gasteiger partial charge in [-0.15, -0.1) is 16.4 Å². The highest BCUT2D eigenvalue weighted by molar-refractivity contribution is 7.15. The quantitative estimate of drug-likeness (QED) is 0.569. The first-order valence-electron chi connectivity index (χ1n) is 7.38. The molecule has 4 rings (SSSR count). The van der Waals surface area contributed by atoms with E-state index in [1.807, 2.05) is 66.9 Å². The van der Waals surface area contributed by atoms with E-state index >= 15 is 0 Å². The zero-order valence-electron chi connectivity index (χ0n) is 12.8. The van der Waals surface area contributed by atoms with Gasteiger partial charge in [0.1, 0.15) is 0 Å². The number of hydrogen-bond acceptors (Lipinski definition) is 5. The molecule has 0 N–H and O–H groups in total. The smallest absolute Gasteiger partial charge is 0.266 e. The molecule has 0 aliphatic heterocycles. The Hall–Kier alpha value is -2.57. The van der Waals surface area contributed by atoms with Crippen molar-refractivity contribution in [3.05, 3.63) is 78.5 Å². The van der Waals surface area contributed by atoms with Crippen molar-refractivity contribution in [1.82, 2.24) is 14.6 Å². The maximum Gasteiger partial charge on any atom is 0.291 e. The van der Waals surface area contributed by atoms with Crippen LogP contribution < -0.4 is 10.1 Å². The lowest BCUT2D eigenvalue weighted by molar-refractivity contribution is 0.925. The van der Waals surface area contributed by atoms with Crippen molar-refractivity contribution in [3.8, 4) is 0 Å². The molecule has 0 fully saturated rings. The predicted molar refractivity (Wildman–Crippen MR) is 100 cm³/mol. The van der Waals surface area contributed by atoms with E-state index in [4.69, 9.17) is 0 Å². The van der Waals surface area contributed by atoms with Gasteiger partial charge in [-0.05, 0) is 42.2 Å². The monoisotopic (exact) mass is 351 g/mol. The lowest BCUT2D eigenvalue weighted by Crippen LogP contribution is -2.23. The van der Waals surface area contributed by atoms with Crippen LogP contribution in [-0.2, 0) is 0 Å². The Kier molecular flexibility index (Phi) is 3.84. The van der Waals surface area contributed by atoms with Gasteiger partial charge in [-0.1, -0.05) is 47.2 Å². The van der Waals surface area contributed by atoms with E-state index in [1.54, 1.807) is 11.3 Å². The number of rotatable bonds is 3. The van der Waals surface area contributed by atoms with Crippen LogP contribution in [-0.4, -0.2) is 14.6 Å². The van der Waals surface area contributed by atoms with Crippen molar-refractivity contribution >= 4 is 45.9 Å². The molecule has 0 spiro atoms. The summed E-state index contributed by atoms with van der Waals surface area (Å²) in [5.74, 6) is 0.550. The molecule has 0 radical (unpaired) electrons. The number of thiazole rings is 1. The van der Waals surface area contributed by atoms with E-state index in [2.05, 4.69) is 10.1 Å². The summed E-state index contributed by atoms with van der Waals surface area (Å²) in [7, 11) is 0. The Morgan fingerprint density at radius 2 is 1.96 bits per heavy atom. The number of thiophene rings is 1. The molecule has 0 saturated carbocycles. The van der Waals surface area contributed by atoms with E-state index in [0.717, 1.165) is 10.4 Å². The van der Waals surface area contributed by atoms with Gasteiger partial charge in [0.15, 0.2) is 5.82 Å². The first-order chi connectivity index (χ1) is 11.7. The molecule has 0 unspecified atom stereocenters.